The topological polar surface area (TPSA) is 49.9 Å². The van der Waals surface area contributed by atoms with Crippen molar-refractivity contribution in [1.29, 1.82) is 0 Å². The minimum Gasteiger partial charge on any atom is -0.497 e. The minimum absolute atomic E-state index is 0.0861. The van der Waals surface area contributed by atoms with Gasteiger partial charge in [0, 0.05) is 31.6 Å². The Kier molecular flexibility index (Phi) is 4.44. The summed E-state index contributed by atoms with van der Waals surface area (Å²) in [6.07, 6.45) is 1.53. The number of carbonyl (C=O) groups excluding carboxylic acids is 2. The minimum atomic E-state index is -0.252. The van der Waals surface area contributed by atoms with Crippen LogP contribution in [0.25, 0.3) is 0 Å². The number of ether oxygens (including phenoxy) is 1. The summed E-state index contributed by atoms with van der Waals surface area (Å²) in [5.74, 6) is 1.14. The van der Waals surface area contributed by atoms with Gasteiger partial charge in [0.25, 0.3) is 5.91 Å². The van der Waals surface area contributed by atoms with Crippen LogP contribution in [0.2, 0.25) is 0 Å². The lowest BCUT2D eigenvalue weighted by Crippen LogP contribution is -2.64. The highest BCUT2D eigenvalue weighted by atomic mass is 32.1. The predicted molar refractivity (Wildman–Crippen MR) is 100 cm³/mol. The van der Waals surface area contributed by atoms with E-state index in [4.69, 9.17) is 4.74 Å². The molecule has 136 valence electrons. The van der Waals surface area contributed by atoms with E-state index in [1.54, 1.807) is 7.11 Å². The number of piperidine rings is 1. The van der Waals surface area contributed by atoms with Crippen LogP contribution in [0.4, 0.5) is 0 Å². The largest absolute Gasteiger partial charge is 0.497 e. The quantitative estimate of drug-likeness (QED) is 0.778. The zero-order valence-electron chi connectivity index (χ0n) is 14.8. The van der Waals surface area contributed by atoms with Crippen LogP contribution in [0.3, 0.4) is 0 Å². The van der Waals surface area contributed by atoms with Crippen molar-refractivity contribution < 1.29 is 14.3 Å². The van der Waals surface area contributed by atoms with Gasteiger partial charge in [0.1, 0.15) is 5.75 Å². The lowest BCUT2D eigenvalue weighted by molar-refractivity contribution is -0.165. The Labute approximate surface area is 157 Å². The van der Waals surface area contributed by atoms with Gasteiger partial charge >= 0.3 is 0 Å². The lowest BCUT2D eigenvalue weighted by atomic mass is 9.71. The molecule has 2 fully saturated rings. The fraction of sp³-hybridized carbons (Fsp3) is 0.400. The third-order valence-electron chi connectivity index (χ3n) is 5.54. The first kappa shape index (κ1) is 17.1. The van der Waals surface area contributed by atoms with Crippen LogP contribution in [-0.4, -0.2) is 48.4 Å². The van der Waals surface area contributed by atoms with Gasteiger partial charge in [0.05, 0.1) is 18.1 Å². The van der Waals surface area contributed by atoms with Crippen molar-refractivity contribution in [3.05, 3.63) is 52.2 Å². The summed E-state index contributed by atoms with van der Waals surface area (Å²) < 4.78 is 5.17. The summed E-state index contributed by atoms with van der Waals surface area (Å²) in [5.41, 5.74) is 1.61. The molecule has 1 aromatic carbocycles. The Hall–Kier alpha value is -2.34. The lowest BCUT2D eigenvalue weighted by Gasteiger charge is -2.52. The molecule has 2 aliphatic rings. The number of likely N-dealkylation sites (tertiary alicyclic amines) is 2. The molecule has 5 nitrogen and oxygen atoms in total. The molecule has 1 aromatic heterocycles. The number of benzene rings is 1. The maximum atomic E-state index is 12.8. The fourth-order valence-electron chi connectivity index (χ4n) is 3.91. The molecule has 2 saturated heterocycles. The van der Waals surface area contributed by atoms with E-state index in [-0.39, 0.29) is 17.2 Å². The highest BCUT2D eigenvalue weighted by Crippen LogP contribution is 2.42. The van der Waals surface area contributed by atoms with Gasteiger partial charge in [-0.2, -0.15) is 11.3 Å². The molecule has 0 unspecified atom stereocenters. The molecule has 1 spiro atoms. The smallest absolute Gasteiger partial charge is 0.254 e. The molecule has 0 radical (unpaired) electrons. The van der Waals surface area contributed by atoms with Crippen LogP contribution in [-0.2, 0) is 11.3 Å². The number of nitrogens with zero attached hydrogens (tertiary/aromatic N) is 2. The van der Waals surface area contributed by atoms with Crippen molar-refractivity contribution in [3.63, 3.8) is 0 Å². The van der Waals surface area contributed by atoms with Crippen LogP contribution in [0.15, 0.2) is 41.1 Å². The van der Waals surface area contributed by atoms with Gasteiger partial charge in [-0.05, 0) is 42.0 Å². The Balaban J connectivity index is 1.33. The Morgan fingerprint density at radius 3 is 2.50 bits per heavy atom. The number of hydrogen-bond acceptors (Lipinski definition) is 4. The van der Waals surface area contributed by atoms with E-state index in [0.717, 1.165) is 36.3 Å². The summed E-state index contributed by atoms with van der Waals surface area (Å²) in [7, 11) is 1.65. The summed E-state index contributed by atoms with van der Waals surface area (Å²) in [6, 6.07) is 9.70. The maximum Gasteiger partial charge on any atom is 0.254 e. The monoisotopic (exact) mass is 370 g/mol. The van der Waals surface area contributed by atoms with Crippen LogP contribution >= 0.6 is 11.3 Å². The molecule has 2 amide bonds. The van der Waals surface area contributed by atoms with E-state index in [1.165, 1.54) is 11.3 Å². The van der Waals surface area contributed by atoms with Crippen molar-refractivity contribution in [1.82, 2.24) is 9.80 Å². The van der Waals surface area contributed by atoms with E-state index in [0.29, 0.717) is 19.6 Å². The molecule has 0 bridgehead atoms. The van der Waals surface area contributed by atoms with Gasteiger partial charge in [0.2, 0.25) is 5.91 Å². The van der Waals surface area contributed by atoms with E-state index in [9.17, 15) is 9.59 Å². The maximum absolute atomic E-state index is 12.8. The van der Waals surface area contributed by atoms with Crippen LogP contribution in [0.5, 0.6) is 5.75 Å². The number of carbonyl (C=O) groups is 2. The number of β-lactam (4-membered cyclic amide) rings is 1. The second-order valence-electron chi connectivity index (χ2n) is 7.09. The molecule has 0 atom stereocenters. The summed E-state index contributed by atoms with van der Waals surface area (Å²) in [5, 5.41) is 3.81. The molecule has 2 aromatic rings. The van der Waals surface area contributed by atoms with Gasteiger partial charge < -0.3 is 14.5 Å². The predicted octanol–water partition coefficient (Wildman–Crippen LogP) is 3.02. The standard InChI is InChI=1S/C20H22N2O3S/c1-25-17-4-2-15(3-5-17)12-22-14-20(19(22)24)7-9-21(10-8-20)18(23)16-6-11-26-13-16/h2-6,11,13H,7-10,12,14H2,1H3. The average molecular weight is 370 g/mol. The van der Waals surface area contributed by atoms with Crippen LogP contribution in [0, 0.1) is 5.41 Å². The molecule has 26 heavy (non-hydrogen) atoms. The number of thiophene rings is 1. The highest BCUT2D eigenvalue weighted by molar-refractivity contribution is 7.08. The molecule has 0 aliphatic carbocycles. The van der Waals surface area contributed by atoms with Crippen molar-refractivity contribution in [2.24, 2.45) is 5.41 Å². The molecule has 2 aliphatic heterocycles. The molecular weight excluding hydrogens is 348 g/mol. The molecule has 3 heterocycles. The Bertz CT molecular complexity index is 793. The highest BCUT2D eigenvalue weighted by Gasteiger charge is 2.53. The van der Waals surface area contributed by atoms with Crippen molar-refractivity contribution in [2.45, 2.75) is 19.4 Å². The van der Waals surface area contributed by atoms with E-state index < -0.39 is 0 Å². The molecular formula is C20H22N2O3S. The average Bonchev–Trinajstić information content (AvgIpc) is 3.23. The molecule has 4 rings (SSSR count). The van der Waals surface area contributed by atoms with E-state index in [1.807, 2.05) is 50.9 Å². The first-order valence-corrected chi connectivity index (χ1v) is 9.79. The second kappa shape index (κ2) is 6.76. The van der Waals surface area contributed by atoms with Gasteiger partial charge in [0.15, 0.2) is 0 Å². The SMILES string of the molecule is COc1ccc(CN2CC3(CCN(C(=O)c4ccsc4)CC3)C2=O)cc1. The van der Waals surface area contributed by atoms with Crippen molar-refractivity contribution in [3.8, 4) is 5.75 Å². The number of methoxy groups -OCH3 is 1. The van der Waals surface area contributed by atoms with E-state index in [2.05, 4.69) is 0 Å². The van der Waals surface area contributed by atoms with Crippen LogP contribution in [0.1, 0.15) is 28.8 Å². The Morgan fingerprint density at radius 1 is 1.19 bits per heavy atom. The molecule has 0 N–H and O–H groups in total. The molecule has 0 saturated carbocycles. The van der Waals surface area contributed by atoms with Gasteiger partial charge in [-0.15, -0.1) is 0 Å². The number of hydrogen-bond donors (Lipinski definition) is 0. The Morgan fingerprint density at radius 2 is 1.92 bits per heavy atom. The van der Waals surface area contributed by atoms with Crippen LogP contribution < -0.4 is 4.74 Å². The zero-order valence-corrected chi connectivity index (χ0v) is 15.6. The molecule has 6 heteroatoms. The third kappa shape index (κ3) is 2.98. The fourth-order valence-corrected chi connectivity index (χ4v) is 4.54. The summed E-state index contributed by atoms with van der Waals surface area (Å²) in [4.78, 5) is 29.0. The third-order valence-corrected chi connectivity index (χ3v) is 6.23. The first-order valence-electron chi connectivity index (χ1n) is 8.85. The van der Waals surface area contributed by atoms with E-state index >= 15 is 0 Å². The van der Waals surface area contributed by atoms with Gasteiger partial charge in [-0.3, -0.25) is 9.59 Å². The number of amides is 2. The zero-order chi connectivity index (χ0) is 18.1. The van der Waals surface area contributed by atoms with Gasteiger partial charge in [-0.25, -0.2) is 0 Å². The van der Waals surface area contributed by atoms with Crippen molar-refractivity contribution in [2.75, 3.05) is 26.7 Å². The first-order chi connectivity index (χ1) is 12.6. The summed E-state index contributed by atoms with van der Waals surface area (Å²) >= 11 is 1.54. The van der Waals surface area contributed by atoms with Crippen molar-refractivity contribution >= 4 is 23.2 Å². The second-order valence-corrected chi connectivity index (χ2v) is 7.87. The summed E-state index contributed by atoms with van der Waals surface area (Å²) in [6.45, 7) is 2.76. The number of rotatable bonds is 4. The van der Waals surface area contributed by atoms with Gasteiger partial charge in [-0.1, -0.05) is 12.1 Å². The normalized spacial score (nSPS) is 18.7.